The maximum atomic E-state index is 12.2. The van der Waals surface area contributed by atoms with E-state index in [9.17, 15) is 14.7 Å². The molecule has 4 nitrogen and oxygen atoms in total. The Morgan fingerprint density at radius 3 is 2.70 bits per heavy atom. The molecule has 166 valence electrons. The van der Waals surface area contributed by atoms with Gasteiger partial charge in [-0.3, -0.25) is 9.59 Å². The van der Waals surface area contributed by atoms with Crippen LogP contribution in [0.15, 0.2) is 23.3 Å². The number of rotatable bonds is 4. The van der Waals surface area contributed by atoms with Crippen LogP contribution >= 0.6 is 0 Å². The number of carbonyl (C=O) groups is 2. The number of fused-ring (bicyclic) bond motifs is 5. The molecule has 4 heteroatoms. The number of ketones is 1. The molecule has 1 N–H and O–H groups in total. The number of hydrogen-bond acceptors (Lipinski definition) is 4. The molecule has 0 saturated heterocycles. The Morgan fingerprint density at radius 2 is 2.03 bits per heavy atom. The molecule has 0 bridgehead atoms. The quantitative estimate of drug-likeness (QED) is 0.657. The van der Waals surface area contributed by atoms with E-state index in [0.717, 1.165) is 44.9 Å². The van der Waals surface area contributed by atoms with E-state index in [1.54, 1.807) is 0 Å². The summed E-state index contributed by atoms with van der Waals surface area (Å²) < 4.78 is 5.85. The van der Waals surface area contributed by atoms with Crippen molar-refractivity contribution in [2.24, 2.45) is 34.5 Å². The molecule has 4 aliphatic rings. The van der Waals surface area contributed by atoms with Gasteiger partial charge in [-0.2, -0.15) is 0 Å². The van der Waals surface area contributed by atoms with Crippen molar-refractivity contribution in [1.82, 2.24) is 0 Å². The second kappa shape index (κ2) is 7.62. The second-order valence-corrected chi connectivity index (χ2v) is 10.8. The van der Waals surface area contributed by atoms with Crippen LogP contribution < -0.4 is 0 Å². The minimum atomic E-state index is -0.335. The third kappa shape index (κ3) is 3.13. The van der Waals surface area contributed by atoms with Crippen molar-refractivity contribution >= 4 is 11.8 Å². The maximum absolute atomic E-state index is 12.2. The Balaban J connectivity index is 1.72. The van der Waals surface area contributed by atoms with Gasteiger partial charge >= 0.3 is 5.97 Å². The third-order valence-electron chi connectivity index (χ3n) is 9.47. The van der Waals surface area contributed by atoms with E-state index >= 15 is 0 Å². The first-order valence-corrected chi connectivity index (χ1v) is 11.9. The smallest absolute Gasteiger partial charge is 0.302 e. The van der Waals surface area contributed by atoms with Crippen LogP contribution in [-0.2, 0) is 14.3 Å². The minimum Gasteiger partial charge on any atom is -0.462 e. The molecule has 30 heavy (non-hydrogen) atoms. The fourth-order valence-electron chi connectivity index (χ4n) is 7.96. The lowest BCUT2D eigenvalue weighted by Crippen LogP contribution is -2.53. The summed E-state index contributed by atoms with van der Waals surface area (Å²) in [6.45, 7) is 10.4. The van der Waals surface area contributed by atoms with Crippen LogP contribution in [0.3, 0.4) is 0 Å². The predicted octanol–water partition coefficient (Wildman–Crippen LogP) is 5.00. The van der Waals surface area contributed by atoms with Crippen LogP contribution in [0.25, 0.3) is 0 Å². The van der Waals surface area contributed by atoms with Gasteiger partial charge in [-0.05, 0) is 80.8 Å². The highest BCUT2D eigenvalue weighted by atomic mass is 16.5. The molecule has 4 rings (SSSR count). The maximum Gasteiger partial charge on any atom is 0.302 e. The zero-order valence-electron chi connectivity index (χ0n) is 19.2. The molecule has 8 atom stereocenters. The normalized spacial score (nSPS) is 43.7. The molecule has 0 spiro atoms. The van der Waals surface area contributed by atoms with Crippen LogP contribution in [0, 0.1) is 34.5 Å². The van der Waals surface area contributed by atoms with Crippen molar-refractivity contribution in [3.05, 3.63) is 23.3 Å². The molecule has 3 fully saturated rings. The number of carbonyl (C=O) groups excluding carboxylic acids is 2. The molecule has 4 aliphatic carbocycles. The Kier molecular flexibility index (Phi) is 5.53. The molecule has 0 aromatic carbocycles. The standard InChI is InChI=1S/C26H38O4/c1-6-7-22(30-16(3)27)20-14-23(29)25(4)11-10-21-19(24(20)25)9-8-17-13-18(28)12-15(2)26(17,21)5/h12-13,19-24,29H,6-11,14H2,1-5H3/t19-,20-,21+,22+,23+,24-,25-,26+/m1/s1. The van der Waals surface area contributed by atoms with Gasteiger partial charge in [-0.1, -0.05) is 38.3 Å². The van der Waals surface area contributed by atoms with Crippen molar-refractivity contribution < 1.29 is 19.4 Å². The first kappa shape index (κ1) is 21.8. The SMILES string of the molecule is CCC[C@H](OC(C)=O)[C@H]1C[C@H](O)[C@@]2(C)CC[C@H]3[C@@H](CCC4=CC(=O)C=C(C)[C@@]43C)[C@H]12. The number of aliphatic hydroxyl groups is 1. The van der Waals surface area contributed by atoms with Crippen LogP contribution in [0.4, 0.5) is 0 Å². The minimum absolute atomic E-state index is 0.0576. The molecular weight excluding hydrogens is 376 g/mol. The average Bonchev–Trinajstić information content (AvgIpc) is 2.94. The summed E-state index contributed by atoms with van der Waals surface area (Å²) in [6, 6.07) is 0. The summed E-state index contributed by atoms with van der Waals surface area (Å²) in [5, 5.41) is 11.2. The average molecular weight is 415 g/mol. The van der Waals surface area contributed by atoms with Gasteiger partial charge in [0, 0.05) is 18.3 Å². The summed E-state index contributed by atoms with van der Waals surface area (Å²) in [4.78, 5) is 24.1. The lowest BCUT2D eigenvalue weighted by molar-refractivity contribution is -0.153. The molecule has 0 radical (unpaired) electrons. The highest BCUT2D eigenvalue weighted by Crippen LogP contribution is 2.67. The van der Waals surface area contributed by atoms with Crippen LogP contribution in [-0.4, -0.2) is 29.1 Å². The summed E-state index contributed by atoms with van der Waals surface area (Å²) in [7, 11) is 0. The zero-order chi connectivity index (χ0) is 21.8. The zero-order valence-corrected chi connectivity index (χ0v) is 19.2. The van der Waals surface area contributed by atoms with Crippen molar-refractivity contribution in [3.63, 3.8) is 0 Å². The second-order valence-electron chi connectivity index (χ2n) is 10.8. The summed E-state index contributed by atoms with van der Waals surface area (Å²) >= 11 is 0. The van der Waals surface area contributed by atoms with E-state index < -0.39 is 0 Å². The van der Waals surface area contributed by atoms with Crippen molar-refractivity contribution in [1.29, 1.82) is 0 Å². The first-order valence-electron chi connectivity index (χ1n) is 11.9. The Hall–Kier alpha value is -1.42. The van der Waals surface area contributed by atoms with E-state index in [-0.39, 0.29) is 40.7 Å². The lowest BCUT2D eigenvalue weighted by atomic mass is 9.46. The van der Waals surface area contributed by atoms with Crippen molar-refractivity contribution in [2.45, 2.75) is 91.8 Å². The lowest BCUT2D eigenvalue weighted by Gasteiger charge is -2.58. The summed E-state index contributed by atoms with van der Waals surface area (Å²) in [6.07, 6.45) is 9.93. The number of aliphatic hydroxyl groups excluding tert-OH is 1. The number of hydrogen-bond donors (Lipinski definition) is 1. The Labute approximate surface area is 181 Å². The van der Waals surface area contributed by atoms with Crippen LogP contribution in [0.2, 0.25) is 0 Å². The van der Waals surface area contributed by atoms with E-state index in [0.29, 0.717) is 17.8 Å². The van der Waals surface area contributed by atoms with E-state index in [1.165, 1.54) is 18.1 Å². The fourth-order valence-corrected chi connectivity index (χ4v) is 7.96. The number of esters is 1. The van der Waals surface area contributed by atoms with Crippen molar-refractivity contribution in [3.8, 4) is 0 Å². The number of ether oxygens (including phenoxy) is 1. The fraction of sp³-hybridized carbons (Fsp3) is 0.769. The van der Waals surface area contributed by atoms with Crippen molar-refractivity contribution in [2.75, 3.05) is 0 Å². The molecule has 0 aromatic rings. The summed E-state index contributed by atoms with van der Waals surface area (Å²) in [5.74, 6) is 1.45. The highest BCUT2D eigenvalue weighted by molar-refractivity contribution is 6.02. The van der Waals surface area contributed by atoms with E-state index in [1.807, 2.05) is 12.2 Å². The van der Waals surface area contributed by atoms with Gasteiger partial charge in [0.05, 0.1) is 6.10 Å². The van der Waals surface area contributed by atoms with Gasteiger partial charge in [0.2, 0.25) is 0 Å². The topological polar surface area (TPSA) is 63.6 Å². The van der Waals surface area contributed by atoms with E-state index in [4.69, 9.17) is 4.74 Å². The van der Waals surface area contributed by atoms with Crippen LogP contribution in [0.1, 0.15) is 79.6 Å². The molecule has 0 heterocycles. The third-order valence-corrected chi connectivity index (χ3v) is 9.47. The van der Waals surface area contributed by atoms with Gasteiger partial charge in [0.15, 0.2) is 5.78 Å². The van der Waals surface area contributed by atoms with Crippen LogP contribution in [0.5, 0.6) is 0 Å². The molecule has 0 aromatic heterocycles. The number of allylic oxidation sites excluding steroid dienone is 4. The monoisotopic (exact) mass is 414 g/mol. The first-order chi connectivity index (χ1) is 14.1. The largest absolute Gasteiger partial charge is 0.462 e. The van der Waals surface area contributed by atoms with E-state index in [2.05, 4.69) is 27.7 Å². The summed E-state index contributed by atoms with van der Waals surface area (Å²) in [5.41, 5.74) is 2.33. The Bertz CT molecular complexity index is 795. The molecule has 0 aliphatic heterocycles. The molecule has 3 saturated carbocycles. The van der Waals surface area contributed by atoms with Gasteiger partial charge < -0.3 is 9.84 Å². The molecule has 0 unspecified atom stereocenters. The predicted molar refractivity (Wildman–Crippen MR) is 117 cm³/mol. The van der Waals surface area contributed by atoms with Gasteiger partial charge in [0.25, 0.3) is 0 Å². The highest BCUT2D eigenvalue weighted by Gasteiger charge is 2.63. The Morgan fingerprint density at radius 1 is 1.30 bits per heavy atom. The van der Waals surface area contributed by atoms with Gasteiger partial charge in [0.1, 0.15) is 6.10 Å². The van der Waals surface area contributed by atoms with Gasteiger partial charge in [-0.25, -0.2) is 0 Å². The molecule has 0 amide bonds. The molecular formula is C26H38O4. The van der Waals surface area contributed by atoms with Gasteiger partial charge in [-0.15, -0.1) is 0 Å².